The second-order valence-corrected chi connectivity index (χ2v) is 9.35. The normalized spacial score (nSPS) is 18.8. The van der Waals surface area contributed by atoms with E-state index in [-0.39, 0.29) is 5.91 Å². The standard InChI is InChI=1S/C24H30N4O2S/c1-15-9-5-7-11-19(15)26-21(29)14-31-22-13-16(2)25-24-23(17(3)27-28(22)24)18-10-6-8-12-20(18)30-4/h6,8,10,12-13,15,19H,5,7,9,11,14H2,1-4H3,(H,26,29)/t15-,19+/m0/s1. The van der Waals surface area contributed by atoms with Gasteiger partial charge >= 0.3 is 0 Å². The Morgan fingerprint density at radius 1 is 1.26 bits per heavy atom. The Balaban J connectivity index is 1.60. The molecule has 2 heterocycles. The van der Waals surface area contributed by atoms with Gasteiger partial charge in [0, 0.05) is 17.3 Å². The third kappa shape index (κ3) is 4.56. The summed E-state index contributed by atoms with van der Waals surface area (Å²) in [6.07, 6.45) is 4.74. The zero-order valence-corrected chi connectivity index (χ0v) is 19.5. The Morgan fingerprint density at radius 3 is 2.81 bits per heavy atom. The van der Waals surface area contributed by atoms with E-state index < -0.39 is 0 Å². The molecule has 0 radical (unpaired) electrons. The van der Waals surface area contributed by atoms with Gasteiger partial charge in [-0.1, -0.05) is 49.7 Å². The molecule has 1 amide bonds. The van der Waals surface area contributed by atoms with Crippen LogP contribution in [0, 0.1) is 19.8 Å². The van der Waals surface area contributed by atoms with Gasteiger partial charge in [-0.15, -0.1) is 0 Å². The van der Waals surface area contributed by atoms with E-state index in [2.05, 4.69) is 12.2 Å². The largest absolute Gasteiger partial charge is 0.496 e. The summed E-state index contributed by atoms with van der Waals surface area (Å²) in [5.74, 6) is 1.79. The van der Waals surface area contributed by atoms with Crippen LogP contribution < -0.4 is 10.1 Å². The lowest BCUT2D eigenvalue weighted by molar-refractivity contribution is -0.119. The number of aromatic nitrogens is 3. The lowest BCUT2D eigenvalue weighted by atomic mass is 9.86. The summed E-state index contributed by atoms with van der Waals surface area (Å²) in [6, 6.07) is 10.2. The van der Waals surface area contributed by atoms with Crippen molar-refractivity contribution in [3.8, 4) is 16.9 Å². The molecule has 31 heavy (non-hydrogen) atoms. The number of ether oxygens (including phenoxy) is 1. The highest BCUT2D eigenvalue weighted by Crippen LogP contribution is 2.36. The first-order valence-corrected chi connectivity index (χ1v) is 11.9. The first-order valence-electron chi connectivity index (χ1n) is 10.9. The van der Waals surface area contributed by atoms with E-state index in [1.54, 1.807) is 7.11 Å². The number of hydrogen-bond donors (Lipinski definition) is 1. The molecule has 2 atom stereocenters. The predicted octanol–water partition coefficient (Wildman–Crippen LogP) is 4.81. The van der Waals surface area contributed by atoms with Crippen molar-refractivity contribution in [2.45, 2.75) is 57.5 Å². The molecule has 4 rings (SSSR count). The van der Waals surface area contributed by atoms with Crippen molar-refractivity contribution in [2.24, 2.45) is 5.92 Å². The number of rotatable bonds is 6. The lowest BCUT2D eigenvalue weighted by Crippen LogP contribution is -2.41. The van der Waals surface area contributed by atoms with E-state index in [4.69, 9.17) is 14.8 Å². The molecule has 1 aromatic carbocycles. The molecule has 1 saturated carbocycles. The molecule has 1 aliphatic carbocycles. The molecule has 3 aromatic rings. The SMILES string of the molecule is COc1ccccc1-c1c(C)nn2c(SCC(=O)N[C@@H]3CCCC[C@@H]3C)cc(C)nc12. The van der Waals surface area contributed by atoms with Crippen LogP contribution in [0.4, 0.5) is 0 Å². The molecule has 0 saturated heterocycles. The average molecular weight is 439 g/mol. The predicted molar refractivity (Wildman–Crippen MR) is 125 cm³/mol. The van der Waals surface area contributed by atoms with E-state index >= 15 is 0 Å². The molecular weight excluding hydrogens is 408 g/mol. The van der Waals surface area contributed by atoms with Gasteiger partial charge < -0.3 is 10.1 Å². The van der Waals surface area contributed by atoms with Gasteiger partial charge in [-0.3, -0.25) is 4.79 Å². The molecule has 0 unspecified atom stereocenters. The lowest BCUT2D eigenvalue weighted by Gasteiger charge is -2.29. The summed E-state index contributed by atoms with van der Waals surface area (Å²) in [7, 11) is 1.67. The minimum Gasteiger partial charge on any atom is -0.496 e. The third-order valence-corrected chi connectivity index (χ3v) is 7.04. The van der Waals surface area contributed by atoms with Gasteiger partial charge in [0.2, 0.25) is 5.91 Å². The van der Waals surface area contributed by atoms with Crippen LogP contribution in [0.1, 0.15) is 44.0 Å². The monoisotopic (exact) mass is 438 g/mol. The molecule has 1 aliphatic rings. The number of fused-ring (bicyclic) bond motifs is 1. The highest BCUT2D eigenvalue weighted by Gasteiger charge is 2.23. The van der Waals surface area contributed by atoms with E-state index in [1.165, 1.54) is 31.0 Å². The Morgan fingerprint density at radius 2 is 2.03 bits per heavy atom. The summed E-state index contributed by atoms with van der Waals surface area (Å²) in [5.41, 5.74) is 4.49. The van der Waals surface area contributed by atoms with Crippen LogP contribution in [0.15, 0.2) is 35.4 Å². The number of benzene rings is 1. The summed E-state index contributed by atoms with van der Waals surface area (Å²) < 4.78 is 7.42. The van der Waals surface area contributed by atoms with E-state index in [0.29, 0.717) is 17.7 Å². The number of nitrogens with one attached hydrogen (secondary N) is 1. The maximum absolute atomic E-state index is 12.6. The molecule has 0 aliphatic heterocycles. The molecule has 1 fully saturated rings. The van der Waals surface area contributed by atoms with Gasteiger partial charge in [0.25, 0.3) is 0 Å². The van der Waals surface area contributed by atoms with Crippen LogP contribution in [0.25, 0.3) is 16.8 Å². The van der Waals surface area contributed by atoms with Gasteiger partial charge in [-0.2, -0.15) is 5.10 Å². The Bertz CT molecular complexity index is 1090. The molecule has 0 spiro atoms. The Hall–Kier alpha value is -2.54. The first-order chi connectivity index (χ1) is 15.0. The van der Waals surface area contributed by atoms with Crippen molar-refractivity contribution in [2.75, 3.05) is 12.9 Å². The minimum atomic E-state index is 0.0835. The highest BCUT2D eigenvalue weighted by atomic mass is 32.2. The number of carbonyl (C=O) groups is 1. The number of hydrogen-bond acceptors (Lipinski definition) is 5. The van der Waals surface area contributed by atoms with Crippen LogP contribution in [0.3, 0.4) is 0 Å². The summed E-state index contributed by atoms with van der Waals surface area (Å²) >= 11 is 1.51. The fourth-order valence-corrected chi connectivity index (χ4v) is 5.26. The van der Waals surface area contributed by atoms with Crippen molar-refractivity contribution in [1.82, 2.24) is 19.9 Å². The van der Waals surface area contributed by atoms with Crippen LogP contribution in [0.2, 0.25) is 0 Å². The van der Waals surface area contributed by atoms with E-state index in [1.807, 2.05) is 48.7 Å². The second-order valence-electron chi connectivity index (χ2n) is 8.36. The number of aryl methyl sites for hydroxylation is 2. The van der Waals surface area contributed by atoms with Crippen LogP contribution in [0.5, 0.6) is 5.75 Å². The van der Waals surface area contributed by atoms with Crippen LogP contribution >= 0.6 is 11.8 Å². The highest BCUT2D eigenvalue weighted by molar-refractivity contribution is 7.99. The molecule has 164 valence electrons. The first kappa shape index (κ1) is 21.7. The van der Waals surface area contributed by atoms with E-state index in [0.717, 1.165) is 45.4 Å². The number of carbonyl (C=O) groups excluding carboxylic acids is 1. The van der Waals surface area contributed by atoms with Crippen molar-refractivity contribution >= 4 is 23.3 Å². The van der Waals surface area contributed by atoms with Crippen molar-refractivity contribution in [1.29, 1.82) is 0 Å². The smallest absolute Gasteiger partial charge is 0.230 e. The second kappa shape index (κ2) is 9.30. The molecule has 2 aromatic heterocycles. The van der Waals surface area contributed by atoms with E-state index in [9.17, 15) is 4.79 Å². The summed E-state index contributed by atoms with van der Waals surface area (Å²) in [5, 5.41) is 8.91. The third-order valence-electron chi connectivity index (χ3n) is 6.04. The number of nitrogens with zero attached hydrogens (tertiary/aromatic N) is 3. The van der Waals surface area contributed by atoms with Gasteiger partial charge in [-0.25, -0.2) is 9.50 Å². The molecular formula is C24H30N4O2S. The summed E-state index contributed by atoms with van der Waals surface area (Å²) in [4.78, 5) is 17.4. The number of para-hydroxylation sites is 1. The van der Waals surface area contributed by atoms with Crippen LogP contribution in [-0.2, 0) is 4.79 Å². The van der Waals surface area contributed by atoms with Crippen molar-refractivity contribution < 1.29 is 9.53 Å². The van der Waals surface area contributed by atoms with Gasteiger partial charge in [0.15, 0.2) is 5.65 Å². The number of thioether (sulfide) groups is 1. The Kier molecular flexibility index (Phi) is 6.51. The maximum Gasteiger partial charge on any atom is 0.230 e. The van der Waals surface area contributed by atoms with Crippen LogP contribution in [-0.4, -0.2) is 39.4 Å². The van der Waals surface area contributed by atoms with Gasteiger partial charge in [-0.05, 0) is 44.7 Å². The van der Waals surface area contributed by atoms with Gasteiger partial charge in [0.05, 0.1) is 24.1 Å². The molecule has 1 N–H and O–H groups in total. The summed E-state index contributed by atoms with van der Waals surface area (Å²) in [6.45, 7) is 6.19. The van der Waals surface area contributed by atoms with Gasteiger partial charge in [0.1, 0.15) is 10.8 Å². The average Bonchev–Trinajstić information content (AvgIpc) is 3.09. The zero-order valence-electron chi connectivity index (χ0n) is 18.6. The Labute approximate surface area is 187 Å². The number of amides is 1. The maximum atomic E-state index is 12.6. The zero-order chi connectivity index (χ0) is 22.0. The van der Waals surface area contributed by atoms with Crippen molar-refractivity contribution in [3.05, 3.63) is 41.7 Å². The fraction of sp³-hybridized carbons (Fsp3) is 0.458. The topological polar surface area (TPSA) is 68.5 Å². The molecule has 7 heteroatoms. The van der Waals surface area contributed by atoms with Crippen molar-refractivity contribution in [3.63, 3.8) is 0 Å². The fourth-order valence-electron chi connectivity index (χ4n) is 4.40. The molecule has 0 bridgehead atoms. The number of methoxy groups -OCH3 is 1. The minimum absolute atomic E-state index is 0.0835. The quantitative estimate of drug-likeness (QED) is 0.442. The molecule has 6 nitrogen and oxygen atoms in total.